The Kier molecular flexibility index (Phi) is 3.89. The fourth-order valence-corrected chi connectivity index (χ4v) is 4.69. The van der Waals surface area contributed by atoms with Crippen LogP contribution in [0, 0.1) is 5.82 Å². The minimum atomic E-state index is -0.293. The van der Waals surface area contributed by atoms with E-state index in [0.717, 1.165) is 28.1 Å². The molecule has 1 aliphatic rings. The van der Waals surface area contributed by atoms with Crippen LogP contribution < -0.4 is 0 Å². The van der Waals surface area contributed by atoms with Crippen LogP contribution in [0.1, 0.15) is 28.1 Å². The highest BCUT2D eigenvalue weighted by Crippen LogP contribution is 2.40. The zero-order valence-electron chi connectivity index (χ0n) is 15.6. The highest BCUT2D eigenvalue weighted by atomic mass is 19.1. The average Bonchev–Trinajstić information content (AvgIpc) is 3.19. The Bertz CT molecular complexity index is 1200. The van der Waals surface area contributed by atoms with Gasteiger partial charge in [0.05, 0.1) is 25.5 Å². The van der Waals surface area contributed by atoms with E-state index in [2.05, 4.69) is 28.3 Å². The molecule has 0 radical (unpaired) electrons. The van der Waals surface area contributed by atoms with Crippen LogP contribution in [0.2, 0.25) is 0 Å². The van der Waals surface area contributed by atoms with E-state index in [1.54, 1.807) is 12.1 Å². The maximum absolute atomic E-state index is 13.5. The number of hydrogen-bond acceptors (Lipinski definition) is 2. The molecule has 0 saturated heterocycles. The largest absolute Gasteiger partial charge is 0.392 e. The molecule has 0 fully saturated rings. The van der Waals surface area contributed by atoms with Crippen LogP contribution in [0.5, 0.6) is 0 Å². The van der Waals surface area contributed by atoms with Crippen molar-refractivity contribution in [3.05, 3.63) is 82.4 Å². The zero-order chi connectivity index (χ0) is 19.4. The summed E-state index contributed by atoms with van der Waals surface area (Å²) >= 11 is 0. The maximum atomic E-state index is 13.5. The number of rotatable bonds is 3. The van der Waals surface area contributed by atoms with Crippen LogP contribution in [-0.2, 0) is 33.2 Å². The summed E-state index contributed by atoms with van der Waals surface area (Å²) in [5.74, 6) is -0.293. The van der Waals surface area contributed by atoms with Gasteiger partial charge in [-0.25, -0.2) is 4.39 Å². The number of hydrogen-bond donors (Lipinski definition) is 2. The molecule has 5 rings (SSSR count). The molecule has 1 aliphatic heterocycles. The molecule has 3 heterocycles. The summed E-state index contributed by atoms with van der Waals surface area (Å²) in [7, 11) is 2.08. The number of halogens is 1. The van der Waals surface area contributed by atoms with Crippen molar-refractivity contribution in [2.45, 2.75) is 26.2 Å². The Morgan fingerprint density at radius 1 is 0.929 bits per heavy atom. The van der Waals surface area contributed by atoms with Crippen LogP contribution in [0.3, 0.4) is 0 Å². The SMILES string of the molecule is Cn1c2c(c3ccccc31)Cc1c(CO)c(CO)c(-c3ccc(F)cc3)n1C2. The molecule has 0 aliphatic carbocycles. The summed E-state index contributed by atoms with van der Waals surface area (Å²) in [6.07, 6.45) is 0.695. The molecule has 2 N–H and O–H groups in total. The maximum Gasteiger partial charge on any atom is 0.123 e. The number of aliphatic hydroxyl groups is 2. The van der Waals surface area contributed by atoms with Gasteiger partial charge in [-0.05, 0) is 41.5 Å². The summed E-state index contributed by atoms with van der Waals surface area (Å²) in [6.45, 7) is 0.349. The highest BCUT2D eigenvalue weighted by molar-refractivity contribution is 5.86. The van der Waals surface area contributed by atoms with Gasteiger partial charge in [0.15, 0.2) is 0 Å². The molecule has 0 saturated carbocycles. The van der Waals surface area contributed by atoms with E-state index >= 15 is 0 Å². The number of aliphatic hydroxyl groups excluding tert-OH is 2. The van der Waals surface area contributed by atoms with E-state index in [0.29, 0.717) is 13.0 Å². The predicted molar refractivity (Wildman–Crippen MR) is 106 cm³/mol. The molecule has 0 unspecified atom stereocenters. The summed E-state index contributed by atoms with van der Waals surface area (Å²) in [5.41, 5.74) is 7.91. The fraction of sp³-hybridized carbons (Fsp3) is 0.217. The van der Waals surface area contributed by atoms with E-state index in [4.69, 9.17) is 0 Å². The normalized spacial score (nSPS) is 13.0. The van der Waals surface area contributed by atoms with E-state index in [-0.39, 0.29) is 19.0 Å². The van der Waals surface area contributed by atoms with Gasteiger partial charge in [-0.15, -0.1) is 0 Å². The number of nitrogens with zero attached hydrogens (tertiary/aromatic N) is 2. The first-order chi connectivity index (χ1) is 13.6. The third-order valence-electron chi connectivity index (χ3n) is 6.02. The van der Waals surface area contributed by atoms with Crippen molar-refractivity contribution in [2.24, 2.45) is 7.05 Å². The van der Waals surface area contributed by atoms with Gasteiger partial charge in [-0.3, -0.25) is 0 Å². The molecule has 5 heteroatoms. The Hall–Kier alpha value is -2.89. The second-order valence-corrected chi connectivity index (χ2v) is 7.34. The third kappa shape index (κ3) is 2.30. The zero-order valence-corrected chi connectivity index (χ0v) is 15.6. The van der Waals surface area contributed by atoms with Crippen LogP contribution in [0.15, 0.2) is 48.5 Å². The van der Waals surface area contributed by atoms with Gasteiger partial charge < -0.3 is 19.3 Å². The average molecular weight is 376 g/mol. The summed E-state index contributed by atoms with van der Waals surface area (Å²) in [6, 6.07) is 14.7. The van der Waals surface area contributed by atoms with E-state index in [1.807, 2.05) is 12.1 Å². The van der Waals surface area contributed by atoms with Crippen molar-refractivity contribution in [3.63, 3.8) is 0 Å². The first kappa shape index (κ1) is 17.2. The summed E-state index contributed by atoms with van der Waals surface area (Å²) < 4.78 is 17.9. The number of benzene rings is 2. The molecule has 2 aromatic carbocycles. The standard InChI is InChI=1S/C23H21FN2O2/c1-25-20-5-3-2-4-16(20)17-10-21-18(12-27)19(13-28)23(26(21)11-22(17)25)14-6-8-15(24)9-7-14/h2-9,27-28H,10-13H2,1H3. The van der Waals surface area contributed by atoms with Gasteiger partial charge in [0.2, 0.25) is 0 Å². The van der Waals surface area contributed by atoms with Crippen molar-refractivity contribution in [2.75, 3.05) is 0 Å². The first-order valence-corrected chi connectivity index (χ1v) is 9.40. The van der Waals surface area contributed by atoms with E-state index in [9.17, 15) is 14.6 Å². The number of para-hydroxylation sites is 1. The van der Waals surface area contributed by atoms with Crippen molar-refractivity contribution < 1.29 is 14.6 Å². The topological polar surface area (TPSA) is 50.3 Å². The smallest absolute Gasteiger partial charge is 0.123 e. The second kappa shape index (κ2) is 6.33. The molecule has 0 spiro atoms. The van der Waals surface area contributed by atoms with Crippen LogP contribution in [-0.4, -0.2) is 19.3 Å². The molecule has 4 nitrogen and oxygen atoms in total. The number of aromatic nitrogens is 2. The second-order valence-electron chi connectivity index (χ2n) is 7.34. The van der Waals surface area contributed by atoms with Crippen molar-refractivity contribution >= 4 is 10.9 Å². The molecule has 0 amide bonds. The molecule has 0 bridgehead atoms. The lowest BCUT2D eigenvalue weighted by Crippen LogP contribution is -2.17. The van der Waals surface area contributed by atoms with Gasteiger partial charge in [0.1, 0.15) is 5.82 Å². The van der Waals surface area contributed by atoms with Gasteiger partial charge in [0.25, 0.3) is 0 Å². The minimum absolute atomic E-state index is 0.132. The molecular formula is C23H21FN2O2. The van der Waals surface area contributed by atoms with E-state index < -0.39 is 0 Å². The summed E-state index contributed by atoms with van der Waals surface area (Å²) in [5, 5.41) is 21.4. The van der Waals surface area contributed by atoms with Gasteiger partial charge in [-0.1, -0.05) is 18.2 Å². The van der Waals surface area contributed by atoms with Crippen LogP contribution in [0.25, 0.3) is 22.2 Å². The summed E-state index contributed by atoms with van der Waals surface area (Å²) in [4.78, 5) is 0. The molecule has 2 aromatic heterocycles. The van der Waals surface area contributed by atoms with Gasteiger partial charge in [-0.2, -0.15) is 0 Å². The van der Waals surface area contributed by atoms with Crippen LogP contribution >= 0.6 is 0 Å². The Morgan fingerprint density at radius 2 is 1.64 bits per heavy atom. The van der Waals surface area contributed by atoms with Crippen molar-refractivity contribution in [1.29, 1.82) is 0 Å². The Balaban J connectivity index is 1.77. The van der Waals surface area contributed by atoms with Crippen molar-refractivity contribution in [1.82, 2.24) is 9.13 Å². The van der Waals surface area contributed by atoms with Crippen LogP contribution in [0.4, 0.5) is 4.39 Å². The van der Waals surface area contributed by atoms with Gasteiger partial charge in [0, 0.05) is 46.9 Å². The molecule has 142 valence electrons. The quantitative estimate of drug-likeness (QED) is 0.504. The first-order valence-electron chi connectivity index (χ1n) is 9.40. The number of aryl methyl sites for hydroxylation is 1. The lowest BCUT2D eigenvalue weighted by atomic mass is 9.99. The Labute approximate surface area is 162 Å². The molecule has 4 aromatic rings. The Morgan fingerprint density at radius 3 is 2.36 bits per heavy atom. The molecule has 0 atom stereocenters. The van der Waals surface area contributed by atoms with E-state index in [1.165, 1.54) is 34.3 Å². The monoisotopic (exact) mass is 376 g/mol. The predicted octanol–water partition coefficient (Wildman–Crippen LogP) is 3.72. The lowest BCUT2D eigenvalue weighted by molar-refractivity contribution is 0.260. The molecule has 28 heavy (non-hydrogen) atoms. The lowest BCUT2D eigenvalue weighted by Gasteiger charge is -2.21. The minimum Gasteiger partial charge on any atom is -0.392 e. The number of fused-ring (bicyclic) bond motifs is 4. The highest BCUT2D eigenvalue weighted by Gasteiger charge is 2.29. The van der Waals surface area contributed by atoms with Crippen molar-refractivity contribution in [3.8, 4) is 11.3 Å². The fourth-order valence-electron chi connectivity index (χ4n) is 4.69. The molecular weight excluding hydrogens is 355 g/mol. The third-order valence-corrected chi connectivity index (χ3v) is 6.02. The van der Waals surface area contributed by atoms with Gasteiger partial charge >= 0.3 is 0 Å².